The average molecular weight is 733 g/mol. The quantitative estimate of drug-likeness (QED) is 0.0501. The number of nitrogens with one attached hydrogen (secondary N) is 5. The van der Waals surface area contributed by atoms with Gasteiger partial charge in [-0.1, -0.05) is 39.0 Å². The number of phenols is 1. The van der Waals surface area contributed by atoms with Crippen LogP contribution in [0.4, 0.5) is 0 Å². The van der Waals surface area contributed by atoms with Gasteiger partial charge in [0.1, 0.15) is 36.0 Å². The molecule has 0 unspecified atom stereocenters. The van der Waals surface area contributed by atoms with Crippen molar-refractivity contribution in [2.45, 2.75) is 122 Å². The predicted octanol–water partition coefficient (Wildman–Crippen LogP) is 0.0608. The highest BCUT2D eigenvalue weighted by atomic mass is 16.4. The van der Waals surface area contributed by atoms with Gasteiger partial charge >= 0.3 is 5.97 Å². The molecule has 0 spiro atoms. The number of benzene rings is 1. The molecule has 1 aromatic carbocycles. The molecule has 292 valence electrons. The minimum Gasteiger partial charge on any atom is -0.508 e. The number of carboxylic acid groups (broad SMARTS) is 1. The van der Waals surface area contributed by atoms with Gasteiger partial charge in [0, 0.05) is 6.42 Å². The summed E-state index contributed by atoms with van der Waals surface area (Å²) < 4.78 is 0. The zero-order valence-corrected chi connectivity index (χ0v) is 30.9. The number of aromatic hydroxyl groups is 1. The topological polar surface area (TPSA) is 281 Å². The molecule has 0 saturated carbocycles. The van der Waals surface area contributed by atoms with E-state index in [2.05, 4.69) is 33.2 Å². The van der Waals surface area contributed by atoms with E-state index in [-0.39, 0.29) is 37.9 Å². The number of rotatable bonds is 24. The summed E-state index contributed by atoms with van der Waals surface area (Å²) in [5, 5.41) is 32.7. The van der Waals surface area contributed by atoms with Crippen molar-refractivity contribution in [3.8, 4) is 5.75 Å². The van der Waals surface area contributed by atoms with E-state index in [0.29, 0.717) is 44.3 Å². The second-order valence-corrected chi connectivity index (χ2v) is 14.2. The summed E-state index contributed by atoms with van der Waals surface area (Å²) in [7, 11) is 0. The summed E-state index contributed by atoms with van der Waals surface area (Å²) in [6, 6.07) is -0.796. The van der Waals surface area contributed by atoms with Crippen LogP contribution in [0, 0.1) is 5.41 Å². The molecular weight excluding hydrogens is 672 g/mol. The number of carboxylic acids is 1. The van der Waals surface area contributed by atoms with E-state index in [4.69, 9.17) is 17.2 Å². The molecule has 1 rings (SSSR count). The molecule has 16 nitrogen and oxygen atoms in total. The van der Waals surface area contributed by atoms with Crippen molar-refractivity contribution >= 4 is 35.5 Å². The highest BCUT2D eigenvalue weighted by Crippen LogP contribution is 2.21. The summed E-state index contributed by atoms with van der Waals surface area (Å²) in [6.07, 6.45) is 3.98. The van der Waals surface area contributed by atoms with E-state index in [1.807, 2.05) is 20.8 Å². The zero-order chi connectivity index (χ0) is 39.4. The lowest BCUT2D eigenvalue weighted by molar-refractivity contribution is -0.143. The lowest BCUT2D eigenvalue weighted by Crippen LogP contribution is -2.59. The highest BCUT2D eigenvalue weighted by Gasteiger charge is 2.33. The van der Waals surface area contributed by atoms with Gasteiger partial charge in [0.15, 0.2) is 0 Å². The maximum absolute atomic E-state index is 13.7. The molecule has 16 heteroatoms. The van der Waals surface area contributed by atoms with Gasteiger partial charge in [0.2, 0.25) is 29.5 Å². The minimum absolute atomic E-state index is 0.00929. The van der Waals surface area contributed by atoms with Gasteiger partial charge in [0.05, 0.1) is 6.04 Å². The smallest absolute Gasteiger partial charge is 0.326 e. The lowest BCUT2D eigenvalue weighted by Gasteiger charge is -2.28. The van der Waals surface area contributed by atoms with Crippen LogP contribution in [-0.4, -0.2) is 95.1 Å². The van der Waals surface area contributed by atoms with Crippen LogP contribution in [0.25, 0.3) is 0 Å². The number of unbranched alkanes of at least 4 members (excludes halogenated alkanes) is 2. The van der Waals surface area contributed by atoms with Gasteiger partial charge in [-0.25, -0.2) is 4.79 Å². The Morgan fingerprint density at radius 3 is 1.58 bits per heavy atom. The third-order valence-electron chi connectivity index (χ3n) is 8.05. The Kier molecular flexibility index (Phi) is 20.2. The van der Waals surface area contributed by atoms with Crippen molar-refractivity contribution in [1.29, 1.82) is 0 Å². The maximum atomic E-state index is 13.7. The van der Waals surface area contributed by atoms with Gasteiger partial charge < -0.3 is 54.0 Å². The van der Waals surface area contributed by atoms with Gasteiger partial charge in [-0.15, -0.1) is 6.58 Å². The van der Waals surface area contributed by atoms with Crippen LogP contribution >= 0.6 is 0 Å². The van der Waals surface area contributed by atoms with Crippen molar-refractivity contribution < 1.29 is 39.0 Å². The SMILES string of the molecule is C=CC[C@H](NC(=O)[C@H](CCCCN)NC(=O)[C@H](CCCCN)NC(=O)[C@H](C)N)C(=O)N[C@@H](Cc1ccc(O)cc1)C(=O)N[C@@H](CC(C)(C)C)C(=O)O. The Morgan fingerprint density at radius 2 is 1.13 bits per heavy atom. The Morgan fingerprint density at radius 1 is 0.712 bits per heavy atom. The standard InChI is InChI=1S/C36H60N8O8/c1-6-11-25(41-33(49)27(13-8-10-19-38)42-32(48)26(12-7-9-18-37)40-30(46)22(2)39)31(47)43-28(20-23-14-16-24(45)17-15-23)34(50)44-29(35(51)52)21-36(3,4)5/h6,14-17,22,25-29,45H,1,7-13,18-21,37-39H2,2-5H3,(H,40,46)(H,41,49)(H,42,48)(H,43,47)(H,44,50)(H,51,52)/t22-,25-,26-,27-,28-,29-/m0/s1. The van der Waals surface area contributed by atoms with E-state index in [1.54, 1.807) is 12.1 Å². The van der Waals surface area contributed by atoms with E-state index in [9.17, 15) is 39.0 Å². The molecule has 0 aliphatic carbocycles. The second kappa shape index (κ2) is 23.1. The number of carbonyl (C=O) groups excluding carboxylic acids is 5. The zero-order valence-electron chi connectivity index (χ0n) is 30.9. The first-order chi connectivity index (χ1) is 24.4. The van der Waals surface area contributed by atoms with Crippen LogP contribution in [0.15, 0.2) is 36.9 Å². The maximum Gasteiger partial charge on any atom is 0.326 e. The Bertz CT molecular complexity index is 1330. The number of nitrogens with two attached hydrogens (primary N) is 3. The van der Waals surface area contributed by atoms with Crippen LogP contribution < -0.4 is 43.8 Å². The van der Waals surface area contributed by atoms with E-state index in [0.717, 1.165) is 0 Å². The predicted molar refractivity (Wildman–Crippen MR) is 197 cm³/mol. The number of carbonyl (C=O) groups is 6. The molecule has 0 aromatic heterocycles. The van der Waals surface area contributed by atoms with Crippen LogP contribution in [0.3, 0.4) is 0 Å². The third-order valence-corrected chi connectivity index (χ3v) is 8.05. The van der Waals surface area contributed by atoms with Crippen molar-refractivity contribution in [2.24, 2.45) is 22.6 Å². The second-order valence-electron chi connectivity index (χ2n) is 14.2. The molecule has 0 heterocycles. The fourth-order valence-electron chi connectivity index (χ4n) is 5.20. The molecule has 0 saturated heterocycles. The van der Waals surface area contributed by atoms with Gasteiger partial charge in [-0.05, 0) is 94.5 Å². The number of hydrogen-bond donors (Lipinski definition) is 10. The monoisotopic (exact) mass is 732 g/mol. The molecule has 0 fully saturated rings. The van der Waals surface area contributed by atoms with Crippen LogP contribution in [0.2, 0.25) is 0 Å². The van der Waals surface area contributed by atoms with Gasteiger partial charge in [-0.2, -0.15) is 0 Å². The minimum atomic E-state index is -1.27. The largest absolute Gasteiger partial charge is 0.508 e. The Labute approximate surface area is 306 Å². The number of aliphatic carboxylic acids is 1. The summed E-state index contributed by atoms with van der Waals surface area (Å²) in [4.78, 5) is 78.8. The molecule has 13 N–H and O–H groups in total. The first-order valence-electron chi connectivity index (χ1n) is 17.7. The first-order valence-corrected chi connectivity index (χ1v) is 17.7. The summed E-state index contributed by atoms with van der Waals surface area (Å²) >= 11 is 0. The molecule has 5 amide bonds. The molecule has 0 aliphatic rings. The van der Waals surface area contributed by atoms with Crippen molar-refractivity contribution in [1.82, 2.24) is 26.6 Å². The Hall–Kier alpha value is -4.54. The van der Waals surface area contributed by atoms with Crippen molar-refractivity contribution in [3.05, 3.63) is 42.5 Å². The summed E-state index contributed by atoms with van der Waals surface area (Å²) in [5.41, 5.74) is 17.1. The fraction of sp³-hybridized carbons (Fsp3) is 0.611. The van der Waals surface area contributed by atoms with E-state index < -0.39 is 77.2 Å². The number of amides is 5. The Balaban J connectivity index is 3.32. The first kappa shape index (κ1) is 45.5. The average Bonchev–Trinajstić information content (AvgIpc) is 3.06. The van der Waals surface area contributed by atoms with Gasteiger partial charge in [0.25, 0.3) is 0 Å². The van der Waals surface area contributed by atoms with Gasteiger partial charge in [-0.3, -0.25) is 24.0 Å². The molecule has 0 radical (unpaired) electrons. The molecule has 0 aliphatic heterocycles. The summed E-state index contributed by atoms with van der Waals surface area (Å²) in [5.74, 6) is -4.62. The van der Waals surface area contributed by atoms with Crippen LogP contribution in [0.1, 0.15) is 84.6 Å². The molecule has 52 heavy (non-hydrogen) atoms. The molecule has 6 atom stereocenters. The van der Waals surface area contributed by atoms with E-state index in [1.165, 1.54) is 25.1 Å². The highest BCUT2D eigenvalue weighted by molar-refractivity contribution is 5.96. The van der Waals surface area contributed by atoms with Crippen LogP contribution in [0.5, 0.6) is 5.75 Å². The number of hydrogen-bond acceptors (Lipinski definition) is 10. The normalized spacial score (nSPS) is 14.8. The van der Waals surface area contributed by atoms with Crippen LogP contribution in [-0.2, 0) is 35.2 Å². The van der Waals surface area contributed by atoms with E-state index >= 15 is 0 Å². The third kappa shape index (κ3) is 17.6. The molecular formula is C36H60N8O8. The lowest BCUT2D eigenvalue weighted by atomic mass is 9.88. The number of phenolic OH excluding ortho intramolecular Hbond substituents is 1. The summed E-state index contributed by atoms with van der Waals surface area (Å²) in [6.45, 7) is 11.4. The van der Waals surface area contributed by atoms with Crippen molar-refractivity contribution in [3.63, 3.8) is 0 Å². The van der Waals surface area contributed by atoms with Crippen molar-refractivity contribution in [2.75, 3.05) is 13.1 Å². The fourth-order valence-corrected chi connectivity index (χ4v) is 5.20. The molecule has 0 bridgehead atoms. The molecule has 1 aromatic rings.